The van der Waals surface area contributed by atoms with Crippen molar-refractivity contribution >= 4 is 29.5 Å². The summed E-state index contributed by atoms with van der Waals surface area (Å²) in [5.41, 5.74) is 0.645. The van der Waals surface area contributed by atoms with E-state index in [2.05, 4.69) is 11.6 Å². The molecular formula is C19H12ClF2NO3. The highest BCUT2D eigenvalue weighted by molar-refractivity contribution is 6.34. The van der Waals surface area contributed by atoms with Gasteiger partial charge in [0, 0.05) is 0 Å². The third-order valence-electron chi connectivity index (χ3n) is 3.39. The maximum Gasteiger partial charge on any atom is 0.363 e. The van der Waals surface area contributed by atoms with Crippen LogP contribution in [0.1, 0.15) is 11.1 Å². The molecule has 0 radical (unpaired) electrons. The number of rotatable bonds is 5. The predicted octanol–water partition coefficient (Wildman–Crippen LogP) is 4.53. The fraction of sp³-hybridized carbons (Fsp3) is 0.0526. The molecule has 0 N–H and O–H groups in total. The van der Waals surface area contributed by atoms with Crippen molar-refractivity contribution in [2.45, 2.75) is 0 Å². The minimum absolute atomic E-state index is 0.00155. The summed E-state index contributed by atoms with van der Waals surface area (Å²) in [6.07, 6.45) is 3.10. The maximum atomic E-state index is 13.4. The van der Waals surface area contributed by atoms with Gasteiger partial charge in [-0.05, 0) is 35.9 Å². The van der Waals surface area contributed by atoms with E-state index in [-0.39, 0.29) is 22.2 Å². The number of hydrogen-bond donors (Lipinski definition) is 0. The van der Waals surface area contributed by atoms with Crippen LogP contribution >= 0.6 is 11.6 Å². The molecule has 26 heavy (non-hydrogen) atoms. The van der Waals surface area contributed by atoms with E-state index in [0.717, 1.165) is 12.1 Å². The predicted molar refractivity (Wildman–Crippen MR) is 94.1 cm³/mol. The maximum absolute atomic E-state index is 13.4. The largest absolute Gasteiger partial charge is 0.490 e. The summed E-state index contributed by atoms with van der Waals surface area (Å²) in [5, 5.41) is -0.114. The topological polar surface area (TPSA) is 47.9 Å². The van der Waals surface area contributed by atoms with Crippen molar-refractivity contribution in [3.8, 4) is 5.75 Å². The minimum Gasteiger partial charge on any atom is -0.490 e. The Bertz CT molecular complexity index is 954. The molecule has 0 amide bonds. The van der Waals surface area contributed by atoms with Crippen LogP contribution in [0, 0.1) is 11.6 Å². The van der Waals surface area contributed by atoms with E-state index in [0.29, 0.717) is 17.9 Å². The van der Waals surface area contributed by atoms with E-state index in [1.54, 1.807) is 30.3 Å². The Balaban J connectivity index is 1.92. The zero-order chi connectivity index (χ0) is 18.7. The zero-order valence-corrected chi connectivity index (χ0v) is 14.1. The van der Waals surface area contributed by atoms with Gasteiger partial charge >= 0.3 is 5.97 Å². The van der Waals surface area contributed by atoms with Crippen LogP contribution < -0.4 is 4.74 Å². The van der Waals surface area contributed by atoms with Gasteiger partial charge < -0.3 is 9.47 Å². The number of nitrogens with zero attached hydrogens (tertiary/aromatic N) is 1. The first-order chi connectivity index (χ1) is 12.5. The van der Waals surface area contributed by atoms with Gasteiger partial charge in [0.2, 0.25) is 5.90 Å². The number of carbonyl (C=O) groups is 1. The lowest BCUT2D eigenvalue weighted by Gasteiger charge is -2.03. The molecule has 0 unspecified atom stereocenters. The fourth-order valence-corrected chi connectivity index (χ4v) is 2.45. The van der Waals surface area contributed by atoms with Crippen molar-refractivity contribution in [2.24, 2.45) is 4.99 Å². The van der Waals surface area contributed by atoms with Crippen LogP contribution in [-0.4, -0.2) is 18.5 Å². The van der Waals surface area contributed by atoms with Gasteiger partial charge in [0.25, 0.3) is 0 Å². The minimum atomic E-state index is -1.12. The first kappa shape index (κ1) is 17.8. The Labute approximate surface area is 153 Å². The third-order valence-corrected chi connectivity index (χ3v) is 3.70. The van der Waals surface area contributed by atoms with Gasteiger partial charge in [-0.3, -0.25) is 0 Å². The molecule has 0 saturated heterocycles. The van der Waals surface area contributed by atoms with Crippen LogP contribution in [0.2, 0.25) is 5.02 Å². The molecule has 0 atom stereocenters. The summed E-state index contributed by atoms with van der Waals surface area (Å²) in [7, 11) is 0. The lowest BCUT2D eigenvalue weighted by Crippen LogP contribution is -2.07. The molecule has 2 aromatic carbocycles. The van der Waals surface area contributed by atoms with Gasteiger partial charge in [-0.1, -0.05) is 36.4 Å². The first-order valence-electron chi connectivity index (χ1n) is 7.49. The van der Waals surface area contributed by atoms with Crippen molar-refractivity contribution in [2.75, 3.05) is 6.61 Å². The van der Waals surface area contributed by atoms with Crippen LogP contribution in [0.25, 0.3) is 6.08 Å². The molecule has 2 aromatic rings. The van der Waals surface area contributed by atoms with Crippen molar-refractivity contribution in [1.82, 2.24) is 0 Å². The van der Waals surface area contributed by atoms with Crippen LogP contribution in [-0.2, 0) is 9.53 Å². The summed E-state index contributed by atoms with van der Waals surface area (Å²) in [6.45, 7) is 3.92. The molecule has 0 aliphatic carbocycles. The average molecular weight is 376 g/mol. The molecule has 132 valence electrons. The number of benzene rings is 2. The average Bonchev–Trinajstić information content (AvgIpc) is 2.97. The Morgan fingerprint density at radius 1 is 1.23 bits per heavy atom. The second kappa shape index (κ2) is 7.49. The molecule has 0 aromatic heterocycles. The summed E-state index contributed by atoms with van der Waals surface area (Å²) in [4.78, 5) is 16.1. The lowest BCUT2D eigenvalue weighted by molar-refractivity contribution is -0.129. The van der Waals surface area contributed by atoms with E-state index in [4.69, 9.17) is 21.1 Å². The van der Waals surface area contributed by atoms with Crippen molar-refractivity contribution in [3.05, 3.63) is 82.5 Å². The first-order valence-corrected chi connectivity index (χ1v) is 7.87. The van der Waals surface area contributed by atoms with E-state index >= 15 is 0 Å². The second-order valence-electron chi connectivity index (χ2n) is 5.25. The van der Waals surface area contributed by atoms with E-state index in [1.807, 2.05) is 0 Å². The molecule has 0 saturated carbocycles. The van der Waals surface area contributed by atoms with Crippen molar-refractivity contribution < 1.29 is 23.0 Å². The molecule has 4 nitrogen and oxygen atoms in total. The summed E-state index contributed by atoms with van der Waals surface area (Å²) >= 11 is 5.88. The lowest BCUT2D eigenvalue weighted by atomic mass is 10.2. The van der Waals surface area contributed by atoms with Crippen LogP contribution in [0.3, 0.4) is 0 Å². The highest BCUT2D eigenvalue weighted by atomic mass is 35.5. The molecule has 0 fully saturated rings. The van der Waals surface area contributed by atoms with Crippen molar-refractivity contribution in [1.29, 1.82) is 0 Å². The van der Waals surface area contributed by atoms with Gasteiger partial charge in [0.05, 0.1) is 10.6 Å². The SMILES string of the molecule is C=CCOc1cccc(/C=C2/N=C(c3cc(F)c(F)cc3Cl)OC2=O)c1. The van der Waals surface area contributed by atoms with Crippen LogP contribution in [0.15, 0.2) is 59.7 Å². The summed E-state index contributed by atoms with van der Waals surface area (Å²) in [5.74, 6) is -2.54. The monoisotopic (exact) mass is 375 g/mol. The third kappa shape index (κ3) is 3.81. The molecule has 3 rings (SSSR count). The molecule has 1 aliphatic heterocycles. The fourth-order valence-electron chi connectivity index (χ4n) is 2.22. The smallest absolute Gasteiger partial charge is 0.363 e. The van der Waals surface area contributed by atoms with Gasteiger partial charge in [0.1, 0.15) is 12.4 Å². The number of carbonyl (C=O) groups excluding carboxylic acids is 1. The number of hydrogen-bond acceptors (Lipinski definition) is 4. The summed E-state index contributed by atoms with van der Waals surface area (Å²) in [6, 6.07) is 8.60. The number of halogens is 3. The Morgan fingerprint density at radius 3 is 2.77 bits per heavy atom. The number of aliphatic imine (C=N–C) groups is 1. The Kier molecular flexibility index (Phi) is 5.14. The second-order valence-corrected chi connectivity index (χ2v) is 5.66. The van der Waals surface area contributed by atoms with Gasteiger partial charge in [-0.15, -0.1) is 0 Å². The molecule has 0 bridgehead atoms. The normalized spacial score (nSPS) is 15.0. The zero-order valence-electron chi connectivity index (χ0n) is 13.3. The Hall–Kier alpha value is -2.99. The highest BCUT2D eigenvalue weighted by Gasteiger charge is 2.26. The van der Waals surface area contributed by atoms with Gasteiger partial charge in [0.15, 0.2) is 17.3 Å². The standard InChI is InChI=1S/C19H12ClF2NO3/c1-2-6-25-12-5-3-4-11(7-12)8-17-19(24)26-18(23-17)13-9-15(21)16(22)10-14(13)20/h2-5,7-10H,1,6H2/b17-8+. The Morgan fingerprint density at radius 2 is 2.00 bits per heavy atom. The van der Waals surface area contributed by atoms with E-state index < -0.39 is 17.6 Å². The molecule has 1 heterocycles. The van der Waals surface area contributed by atoms with E-state index in [9.17, 15) is 13.6 Å². The summed E-state index contributed by atoms with van der Waals surface area (Å²) < 4.78 is 37.1. The molecule has 1 aliphatic rings. The van der Waals surface area contributed by atoms with Gasteiger partial charge in [-0.25, -0.2) is 18.6 Å². The highest BCUT2D eigenvalue weighted by Crippen LogP contribution is 2.26. The van der Waals surface area contributed by atoms with E-state index in [1.165, 1.54) is 6.08 Å². The molecule has 0 spiro atoms. The molecular weight excluding hydrogens is 364 g/mol. The number of ether oxygens (including phenoxy) is 2. The molecule has 7 heteroatoms. The van der Waals surface area contributed by atoms with Crippen LogP contribution in [0.5, 0.6) is 5.75 Å². The number of esters is 1. The van der Waals surface area contributed by atoms with Gasteiger partial charge in [-0.2, -0.15) is 0 Å². The quantitative estimate of drug-likeness (QED) is 0.334. The van der Waals surface area contributed by atoms with Crippen molar-refractivity contribution in [3.63, 3.8) is 0 Å². The van der Waals surface area contributed by atoms with Crippen LogP contribution in [0.4, 0.5) is 8.78 Å². The number of cyclic esters (lactones) is 1.